The molecule has 0 radical (unpaired) electrons. The molecule has 2 aromatic rings. The van der Waals surface area contributed by atoms with Crippen molar-refractivity contribution in [3.63, 3.8) is 0 Å². The van der Waals surface area contributed by atoms with Crippen LogP contribution in [0.3, 0.4) is 0 Å². The molecule has 2 aromatic carbocycles. The van der Waals surface area contributed by atoms with Gasteiger partial charge in [-0.15, -0.1) is 0 Å². The number of halogens is 1. The molecule has 0 atom stereocenters. The van der Waals surface area contributed by atoms with Gasteiger partial charge in [0.25, 0.3) is 0 Å². The summed E-state index contributed by atoms with van der Waals surface area (Å²) in [6, 6.07) is 9.78. The fourth-order valence-electron chi connectivity index (χ4n) is 2.05. The molecule has 0 fully saturated rings. The van der Waals surface area contributed by atoms with Crippen LogP contribution in [0.15, 0.2) is 47.4 Å². The monoisotopic (exact) mass is 306 g/mol. The molecule has 0 aliphatic heterocycles. The van der Waals surface area contributed by atoms with Crippen LogP contribution in [0.5, 0.6) is 0 Å². The normalized spacial score (nSPS) is 11.4. The Morgan fingerprint density at radius 3 is 2.24 bits per heavy atom. The van der Waals surface area contributed by atoms with Crippen molar-refractivity contribution in [3.05, 3.63) is 65.0 Å². The van der Waals surface area contributed by atoms with Crippen molar-refractivity contribution in [2.45, 2.75) is 18.2 Å². The highest BCUT2D eigenvalue weighted by molar-refractivity contribution is 7.90. The predicted molar refractivity (Wildman–Crippen MR) is 78.8 cm³/mol. The summed E-state index contributed by atoms with van der Waals surface area (Å²) >= 11 is 0. The largest absolute Gasteiger partial charge is 0.289 e. The van der Waals surface area contributed by atoms with Crippen molar-refractivity contribution < 1.29 is 17.6 Å². The SMILES string of the molecule is CCc1ccc(S(C)(=O)=O)c(C(=O)c2ccc(F)cc2)c1. The predicted octanol–water partition coefficient (Wildman–Crippen LogP) is 3.02. The first-order valence-electron chi connectivity index (χ1n) is 6.46. The Morgan fingerprint density at radius 2 is 1.71 bits per heavy atom. The van der Waals surface area contributed by atoms with Crippen molar-refractivity contribution in [3.8, 4) is 0 Å². The quantitative estimate of drug-likeness (QED) is 0.816. The van der Waals surface area contributed by atoms with Gasteiger partial charge in [0, 0.05) is 17.4 Å². The second kappa shape index (κ2) is 5.77. The van der Waals surface area contributed by atoms with Crippen LogP contribution < -0.4 is 0 Å². The van der Waals surface area contributed by atoms with E-state index in [1.807, 2.05) is 6.92 Å². The molecule has 0 unspecified atom stereocenters. The van der Waals surface area contributed by atoms with Crippen LogP contribution in [0.1, 0.15) is 28.4 Å². The zero-order valence-electron chi connectivity index (χ0n) is 11.8. The van der Waals surface area contributed by atoms with E-state index in [9.17, 15) is 17.6 Å². The maximum Gasteiger partial charge on any atom is 0.194 e. The molecule has 110 valence electrons. The van der Waals surface area contributed by atoms with Crippen molar-refractivity contribution in [2.24, 2.45) is 0 Å². The minimum absolute atomic E-state index is 0.00553. The second-order valence-corrected chi connectivity index (χ2v) is 6.78. The Balaban J connectivity index is 2.60. The summed E-state index contributed by atoms with van der Waals surface area (Å²) in [6.07, 6.45) is 1.75. The third-order valence-corrected chi connectivity index (χ3v) is 4.36. The van der Waals surface area contributed by atoms with Crippen LogP contribution in [0, 0.1) is 5.82 Å². The lowest BCUT2D eigenvalue weighted by Gasteiger charge is -2.09. The van der Waals surface area contributed by atoms with E-state index in [-0.39, 0.29) is 16.0 Å². The minimum atomic E-state index is -3.51. The molecule has 21 heavy (non-hydrogen) atoms. The van der Waals surface area contributed by atoms with E-state index >= 15 is 0 Å². The van der Waals surface area contributed by atoms with Crippen LogP contribution in [-0.4, -0.2) is 20.5 Å². The summed E-state index contributed by atoms with van der Waals surface area (Å²) < 4.78 is 36.6. The Kier molecular flexibility index (Phi) is 4.23. The first-order valence-corrected chi connectivity index (χ1v) is 8.35. The number of aryl methyl sites for hydroxylation is 1. The van der Waals surface area contributed by atoms with Gasteiger partial charge >= 0.3 is 0 Å². The summed E-state index contributed by atoms with van der Waals surface area (Å²) in [7, 11) is -3.51. The van der Waals surface area contributed by atoms with Crippen molar-refractivity contribution in [1.29, 1.82) is 0 Å². The first-order chi connectivity index (χ1) is 9.82. The maximum absolute atomic E-state index is 12.9. The Labute approximate surface area is 123 Å². The summed E-state index contributed by atoms with van der Waals surface area (Å²) in [5.74, 6) is -0.872. The smallest absolute Gasteiger partial charge is 0.194 e. The third-order valence-electron chi connectivity index (χ3n) is 3.20. The van der Waals surface area contributed by atoms with Crippen molar-refractivity contribution in [2.75, 3.05) is 6.26 Å². The standard InChI is InChI=1S/C16H15FO3S/c1-3-11-4-9-15(21(2,19)20)14(10-11)16(18)12-5-7-13(17)8-6-12/h4-10H,3H2,1-2H3. The van der Waals surface area contributed by atoms with E-state index in [1.54, 1.807) is 12.1 Å². The molecule has 0 saturated carbocycles. The molecular formula is C16H15FO3S. The van der Waals surface area contributed by atoms with Crippen LogP contribution >= 0.6 is 0 Å². The van der Waals surface area contributed by atoms with E-state index in [1.165, 1.54) is 30.3 Å². The molecule has 2 rings (SSSR count). The number of carbonyl (C=O) groups excluding carboxylic acids is 1. The lowest BCUT2D eigenvalue weighted by molar-refractivity contribution is 0.103. The fourth-order valence-corrected chi connectivity index (χ4v) is 2.92. The average molecular weight is 306 g/mol. The molecule has 0 bridgehead atoms. The Morgan fingerprint density at radius 1 is 1.10 bits per heavy atom. The van der Waals surface area contributed by atoms with Gasteiger partial charge in [-0.1, -0.05) is 13.0 Å². The van der Waals surface area contributed by atoms with Crippen LogP contribution in [-0.2, 0) is 16.3 Å². The molecule has 0 saturated heterocycles. The summed E-state index contributed by atoms with van der Waals surface area (Å²) in [6.45, 7) is 1.92. The fraction of sp³-hybridized carbons (Fsp3) is 0.188. The topological polar surface area (TPSA) is 51.2 Å². The van der Waals surface area contributed by atoms with Crippen LogP contribution in [0.25, 0.3) is 0 Å². The van der Waals surface area contributed by atoms with Crippen LogP contribution in [0.2, 0.25) is 0 Å². The van der Waals surface area contributed by atoms with Gasteiger partial charge in [0.05, 0.1) is 4.90 Å². The molecule has 0 amide bonds. The summed E-state index contributed by atoms with van der Waals surface area (Å²) in [4.78, 5) is 12.5. The van der Waals surface area contributed by atoms with E-state index in [2.05, 4.69) is 0 Å². The lowest BCUT2D eigenvalue weighted by atomic mass is 10.0. The number of ketones is 1. The molecule has 5 heteroatoms. The van der Waals surface area contributed by atoms with Gasteiger partial charge in [0.2, 0.25) is 0 Å². The first kappa shape index (κ1) is 15.4. The molecular weight excluding hydrogens is 291 g/mol. The third kappa shape index (κ3) is 3.36. The van der Waals surface area contributed by atoms with E-state index in [4.69, 9.17) is 0 Å². The highest BCUT2D eigenvalue weighted by atomic mass is 32.2. The average Bonchev–Trinajstić information content (AvgIpc) is 2.45. The molecule has 0 aliphatic rings. The number of hydrogen-bond acceptors (Lipinski definition) is 3. The Hall–Kier alpha value is -2.01. The minimum Gasteiger partial charge on any atom is -0.289 e. The molecule has 0 aliphatic carbocycles. The molecule has 3 nitrogen and oxygen atoms in total. The van der Waals surface area contributed by atoms with Gasteiger partial charge in [-0.2, -0.15) is 0 Å². The van der Waals surface area contributed by atoms with Crippen molar-refractivity contribution >= 4 is 15.6 Å². The highest BCUT2D eigenvalue weighted by Gasteiger charge is 2.20. The number of sulfone groups is 1. The number of rotatable bonds is 4. The van der Waals surface area contributed by atoms with E-state index in [0.717, 1.165) is 11.8 Å². The van der Waals surface area contributed by atoms with E-state index < -0.39 is 21.4 Å². The van der Waals surface area contributed by atoms with Crippen LogP contribution in [0.4, 0.5) is 4.39 Å². The lowest BCUT2D eigenvalue weighted by Crippen LogP contribution is -2.10. The number of carbonyl (C=O) groups is 1. The molecule has 0 spiro atoms. The maximum atomic E-state index is 12.9. The molecule has 0 N–H and O–H groups in total. The molecule has 0 aromatic heterocycles. The van der Waals surface area contributed by atoms with Gasteiger partial charge in [-0.05, 0) is 48.4 Å². The summed E-state index contributed by atoms with van der Waals surface area (Å²) in [5.41, 5.74) is 1.26. The zero-order valence-corrected chi connectivity index (χ0v) is 12.6. The summed E-state index contributed by atoms with van der Waals surface area (Å²) in [5, 5.41) is 0. The Bertz CT molecular complexity index is 778. The van der Waals surface area contributed by atoms with Gasteiger partial charge in [-0.25, -0.2) is 12.8 Å². The molecule has 0 heterocycles. The number of benzene rings is 2. The van der Waals surface area contributed by atoms with Gasteiger partial charge in [0.15, 0.2) is 15.6 Å². The van der Waals surface area contributed by atoms with Gasteiger partial charge in [-0.3, -0.25) is 4.79 Å². The zero-order chi connectivity index (χ0) is 15.6. The van der Waals surface area contributed by atoms with Crippen molar-refractivity contribution in [1.82, 2.24) is 0 Å². The highest BCUT2D eigenvalue weighted by Crippen LogP contribution is 2.21. The van der Waals surface area contributed by atoms with Gasteiger partial charge < -0.3 is 0 Å². The van der Waals surface area contributed by atoms with E-state index in [0.29, 0.717) is 6.42 Å². The second-order valence-electron chi connectivity index (χ2n) is 4.79. The van der Waals surface area contributed by atoms with Gasteiger partial charge in [0.1, 0.15) is 5.82 Å². The number of hydrogen-bond donors (Lipinski definition) is 0.